The summed E-state index contributed by atoms with van der Waals surface area (Å²) in [5.74, 6) is -1.46. The number of hydrogen-bond donors (Lipinski definition) is 1. The highest BCUT2D eigenvalue weighted by Gasteiger charge is 2.21. The molecule has 0 aliphatic carbocycles. The Morgan fingerprint density at radius 2 is 1.93 bits per heavy atom. The lowest BCUT2D eigenvalue weighted by Gasteiger charge is -2.10. The van der Waals surface area contributed by atoms with Crippen molar-refractivity contribution in [1.29, 1.82) is 0 Å². The second-order valence-corrected chi connectivity index (χ2v) is 8.87. The summed E-state index contributed by atoms with van der Waals surface area (Å²) in [6.07, 6.45) is 2.63. The average Bonchev–Trinajstić information content (AvgIpc) is 2.90. The molecular formula is C21H17FN2O4S. The van der Waals surface area contributed by atoms with Gasteiger partial charge in [0, 0.05) is 40.0 Å². The van der Waals surface area contributed by atoms with Gasteiger partial charge in [-0.15, -0.1) is 0 Å². The molecule has 0 aliphatic heterocycles. The molecule has 0 unspecified atom stereocenters. The molecule has 0 spiro atoms. The van der Waals surface area contributed by atoms with E-state index in [9.17, 15) is 22.7 Å². The van der Waals surface area contributed by atoms with Crippen molar-refractivity contribution >= 4 is 37.6 Å². The smallest absolute Gasteiger partial charge is 0.323 e. The lowest BCUT2D eigenvalue weighted by Crippen LogP contribution is -2.09. The molecule has 0 saturated carbocycles. The maximum atomic E-state index is 14.1. The zero-order valence-corrected chi connectivity index (χ0v) is 16.5. The molecule has 0 aliphatic rings. The van der Waals surface area contributed by atoms with Crippen LogP contribution in [0.2, 0.25) is 0 Å². The second-order valence-electron chi connectivity index (χ2n) is 6.88. The monoisotopic (exact) mass is 412 g/mol. The lowest BCUT2D eigenvalue weighted by atomic mass is 9.98. The molecule has 0 atom stereocenters. The first kappa shape index (κ1) is 19.1. The first-order valence-electron chi connectivity index (χ1n) is 8.77. The first-order valence-corrected chi connectivity index (χ1v) is 10.7. The van der Waals surface area contributed by atoms with Crippen LogP contribution in [0.25, 0.3) is 32.9 Å². The van der Waals surface area contributed by atoms with Crippen molar-refractivity contribution in [2.24, 2.45) is 0 Å². The van der Waals surface area contributed by atoms with Gasteiger partial charge >= 0.3 is 5.97 Å². The van der Waals surface area contributed by atoms with Gasteiger partial charge in [-0.25, -0.2) is 12.8 Å². The summed E-state index contributed by atoms with van der Waals surface area (Å²) in [5.41, 5.74) is 2.87. The van der Waals surface area contributed by atoms with Crippen LogP contribution >= 0.6 is 0 Å². The minimum atomic E-state index is -3.50. The number of benzene rings is 2. The molecule has 4 aromatic rings. The van der Waals surface area contributed by atoms with Crippen LogP contribution < -0.4 is 0 Å². The third-order valence-electron chi connectivity index (χ3n) is 4.98. The zero-order chi connectivity index (χ0) is 20.9. The number of para-hydroxylation sites is 1. The summed E-state index contributed by atoms with van der Waals surface area (Å²) >= 11 is 0. The number of nitrogens with zero attached hydrogens (tertiary/aromatic N) is 2. The molecule has 29 heavy (non-hydrogen) atoms. The topological polar surface area (TPSA) is 89.3 Å². The Morgan fingerprint density at radius 1 is 1.17 bits per heavy atom. The summed E-state index contributed by atoms with van der Waals surface area (Å²) in [6, 6.07) is 10.8. The number of fused-ring (bicyclic) bond motifs is 2. The molecule has 2 aromatic heterocycles. The number of pyridine rings is 1. The maximum Gasteiger partial charge on any atom is 0.323 e. The predicted octanol–water partition coefficient (Wildman–Crippen LogP) is 3.79. The predicted molar refractivity (Wildman–Crippen MR) is 108 cm³/mol. The molecule has 2 aromatic carbocycles. The molecule has 6 nitrogen and oxygen atoms in total. The Kier molecular flexibility index (Phi) is 4.38. The highest BCUT2D eigenvalue weighted by molar-refractivity contribution is 7.91. The molecule has 0 saturated heterocycles. The fourth-order valence-electron chi connectivity index (χ4n) is 3.80. The number of carboxylic acids is 1. The molecule has 0 amide bonds. The van der Waals surface area contributed by atoms with Crippen LogP contribution in [0.15, 0.2) is 53.6 Å². The lowest BCUT2D eigenvalue weighted by molar-refractivity contribution is -0.137. The molecule has 0 radical (unpaired) electrons. The van der Waals surface area contributed by atoms with Gasteiger partial charge in [0.15, 0.2) is 9.84 Å². The van der Waals surface area contributed by atoms with E-state index in [0.29, 0.717) is 38.6 Å². The second kappa shape index (κ2) is 6.66. The number of sulfone groups is 1. The number of halogens is 1. The van der Waals surface area contributed by atoms with E-state index in [1.54, 1.807) is 35.8 Å². The average molecular weight is 412 g/mol. The van der Waals surface area contributed by atoms with Crippen molar-refractivity contribution in [3.63, 3.8) is 0 Å². The number of aromatic nitrogens is 2. The van der Waals surface area contributed by atoms with Gasteiger partial charge in [0.05, 0.1) is 10.4 Å². The van der Waals surface area contributed by atoms with E-state index in [4.69, 9.17) is 0 Å². The van der Waals surface area contributed by atoms with E-state index in [0.717, 1.165) is 6.26 Å². The zero-order valence-electron chi connectivity index (χ0n) is 15.7. The van der Waals surface area contributed by atoms with Crippen LogP contribution in [0.1, 0.15) is 5.69 Å². The van der Waals surface area contributed by atoms with Crippen LogP contribution in [-0.2, 0) is 21.2 Å². The van der Waals surface area contributed by atoms with Gasteiger partial charge in [0.1, 0.15) is 12.4 Å². The van der Waals surface area contributed by atoms with E-state index in [1.165, 1.54) is 24.4 Å². The van der Waals surface area contributed by atoms with E-state index < -0.39 is 21.6 Å². The highest BCUT2D eigenvalue weighted by atomic mass is 32.2. The maximum absolute atomic E-state index is 14.1. The van der Waals surface area contributed by atoms with E-state index in [-0.39, 0.29) is 11.4 Å². The Bertz CT molecular complexity index is 1410. The fraction of sp³-hybridized carbons (Fsp3) is 0.143. The molecule has 8 heteroatoms. The largest absolute Gasteiger partial charge is 0.480 e. The molecule has 148 valence electrons. The summed E-state index contributed by atoms with van der Waals surface area (Å²) in [4.78, 5) is 15.7. The fourth-order valence-corrected chi connectivity index (χ4v) is 4.64. The van der Waals surface area contributed by atoms with Crippen molar-refractivity contribution in [3.05, 3.63) is 60.2 Å². The standard InChI is InChI=1S/C21H17FN2O4S/c1-12-20(16-10-13(22)6-7-17(16)24(12)11-19(25)26)14-8-9-23-21-15(14)4-3-5-18(21)29(2,27)28/h3-10H,11H2,1-2H3,(H,25,26). The van der Waals surface area contributed by atoms with Crippen molar-refractivity contribution in [1.82, 2.24) is 9.55 Å². The molecular weight excluding hydrogens is 395 g/mol. The molecule has 0 bridgehead atoms. The first-order chi connectivity index (χ1) is 13.7. The van der Waals surface area contributed by atoms with Crippen molar-refractivity contribution in [2.45, 2.75) is 18.4 Å². The molecule has 0 fully saturated rings. The summed E-state index contributed by atoms with van der Waals surface area (Å²) in [7, 11) is -3.50. The van der Waals surface area contributed by atoms with Gasteiger partial charge in [0.2, 0.25) is 0 Å². The third-order valence-corrected chi connectivity index (χ3v) is 6.11. The van der Waals surface area contributed by atoms with Crippen LogP contribution in [0.3, 0.4) is 0 Å². The minimum absolute atomic E-state index is 0.106. The SMILES string of the molecule is Cc1c(-c2ccnc3c(S(C)(=O)=O)cccc23)c2cc(F)ccc2n1CC(=O)O. The van der Waals surface area contributed by atoms with Crippen molar-refractivity contribution in [2.75, 3.05) is 6.26 Å². The van der Waals surface area contributed by atoms with Crippen molar-refractivity contribution in [3.8, 4) is 11.1 Å². The van der Waals surface area contributed by atoms with Gasteiger partial charge in [-0.2, -0.15) is 0 Å². The van der Waals surface area contributed by atoms with Gasteiger partial charge in [-0.05, 0) is 42.8 Å². The van der Waals surface area contributed by atoms with Gasteiger partial charge < -0.3 is 9.67 Å². The van der Waals surface area contributed by atoms with Crippen LogP contribution in [0.5, 0.6) is 0 Å². The van der Waals surface area contributed by atoms with Crippen molar-refractivity contribution < 1.29 is 22.7 Å². The molecule has 1 N–H and O–H groups in total. The number of carboxylic acid groups (broad SMARTS) is 1. The van der Waals surface area contributed by atoms with Gasteiger partial charge in [0.25, 0.3) is 0 Å². The van der Waals surface area contributed by atoms with Crippen LogP contribution in [-0.4, -0.2) is 35.3 Å². The van der Waals surface area contributed by atoms with Crippen LogP contribution in [0.4, 0.5) is 4.39 Å². The number of aliphatic carboxylic acids is 1. The number of rotatable bonds is 4. The normalized spacial score (nSPS) is 12.0. The van der Waals surface area contributed by atoms with E-state index >= 15 is 0 Å². The quantitative estimate of drug-likeness (QED) is 0.551. The Labute approximate surface area is 166 Å². The molecule has 4 rings (SSSR count). The Morgan fingerprint density at radius 3 is 2.62 bits per heavy atom. The Hall–Kier alpha value is -3.26. The summed E-state index contributed by atoms with van der Waals surface area (Å²) in [6.45, 7) is 1.49. The number of carbonyl (C=O) groups is 1. The minimum Gasteiger partial charge on any atom is -0.480 e. The summed E-state index contributed by atoms with van der Waals surface area (Å²) in [5, 5.41) is 10.5. The Balaban J connectivity index is 2.13. The van der Waals surface area contributed by atoms with E-state index in [2.05, 4.69) is 4.98 Å². The third kappa shape index (κ3) is 3.15. The van der Waals surface area contributed by atoms with Gasteiger partial charge in [-0.3, -0.25) is 9.78 Å². The van der Waals surface area contributed by atoms with E-state index in [1.807, 2.05) is 0 Å². The summed E-state index contributed by atoms with van der Waals surface area (Å²) < 4.78 is 40.0. The van der Waals surface area contributed by atoms with Gasteiger partial charge in [-0.1, -0.05) is 12.1 Å². The number of hydrogen-bond acceptors (Lipinski definition) is 4. The highest BCUT2D eigenvalue weighted by Crippen LogP contribution is 2.39. The molecule has 2 heterocycles. The van der Waals surface area contributed by atoms with Crippen LogP contribution in [0, 0.1) is 12.7 Å².